The van der Waals surface area contributed by atoms with Crippen molar-refractivity contribution in [1.29, 1.82) is 0 Å². The highest BCUT2D eigenvalue weighted by atomic mass is 32.1. The van der Waals surface area contributed by atoms with Gasteiger partial charge in [0.15, 0.2) is 5.65 Å². The van der Waals surface area contributed by atoms with Gasteiger partial charge in [-0.05, 0) is 86.4 Å². The number of carbonyl (C=O) groups excluding carboxylic acids is 1. The summed E-state index contributed by atoms with van der Waals surface area (Å²) in [6, 6.07) is 0.0216. The van der Waals surface area contributed by atoms with Gasteiger partial charge in [0.05, 0.1) is 11.7 Å². The molecule has 1 amide bonds. The fraction of sp³-hybridized carbons (Fsp3) is 0.567. The maximum Gasteiger partial charge on any atom is 0.239 e. The molecule has 0 saturated carbocycles. The van der Waals surface area contributed by atoms with Crippen molar-refractivity contribution in [3.05, 3.63) is 39.7 Å². The number of rotatable bonds is 4. The van der Waals surface area contributed by atoms with Crippen molar-refractivity contribution < 1.29 is 4.79 Å². The third kappa shape index (κ3) is 3.74. The maximum atomic E-state index is 13.0. The van der Waals surface area contributed by atoms with Crippen LogP contribution in [0.3, 0.4) is 0 Å². The maximum absolute atomic E-state index is 13.0. The summed E-state index contributed by atoms with van der Waals surface area (Å²) in [5.74, 6) is 1.84. The molecule has 3 aliphatic rings. The van der Waals surface area contributed by atoms with E-state index in [-0.39, 0.29) is 6.04 Å². The van der Waals surface area contributed by atoms with E-state index in [9.17, 15) is 4.79 Å². The summed E-state index contributed by atoms with van der Waals surface area (Å²) in [5, 5.41) is 9.35. The molecule has 200 valence electrons. The SMILES string of the molecule is Cc1c(C2CCN(C(=O)C3C[C@@H](C)CN3)CC2)sc2[nH]c(-c3cn4ncnc4c4c3CCC4)c(C(C)C)c12. The highest BCUT2D eigenvalue weighted by Gasteiger charge is 2.34. The molecule has 0 radical (unpaired) electrons. The fourth-order valence-corrected chi connectivity index (χ4v) is 8.77. The van der Waals surface area contributed by atoms with Crippen molar-refractivity contribution in [3.8, 4) is 11.3 Å². The van der Waals surface area contributed by atoms with Gasteiger partial charge in [0.2, 0.25) is 5.91 Å². The van der Waals surface area contributed by atoms with E-state index in [2.05, 4.69) is 59.2 Å². The lowest BCUT2D eigenvalue weighted by Gasteiger charge is -2.33. The zero-order valence-electron chi connectivity index (χ0n) is 22.9. The highest BCUT2D eigenvalue weighted by Crippen LogP contribution is 2.47. The van der Waals surface area contributed by atoms with E-state index in [4.69, 9.17) is 0 Å². The van der Waals surface area contributed by atoms with Crippen LogP contribution >= 0.6 is 11.3 Å². The Morgan fingerprint density at radius 1 is 1.18 bits per heavy atom. The molecule has 7 rings (SSSR count). The third-order valence-electron chi connectivity index (χ3n) is 9.27. The average Bonchev–Trinajstić information content (AvgIpc) is 3.71. The zero-order chi connectivity index (χ0) is 26.1. The van der Waals surface area contributed by atoms with E-state index in [1.807, 2.05) is 15.9 Å². The van der Waals surface area contributed by atoms with Gasteiger partial charge in [-0.25, -0.2) is 9.50 Å². The van der Waals surface area contributed by atoms with Gasteiger partial charge in [0.25, 0.3) is 0 Å². The fourth-order valence-electron chi connectivity index (χ4n) is 7.38. The van der Waals surface area contributed by atoms with Crippen LogP contribution < -0.4 is 5.32 Å². The topological polar surface area (TPSA) is 78.3 Å². The molecule has 8 heteroatoms. The number of amides is 1. The van der Waals surface area contributed by atoms with Crippen LogP contribution in [0.2, 0.25) is 0 Å². The Kier molecular flexibility index (Phi) is 5.89. The molecule has 4 aromatic rings. The molecule has 2 saturated heterocycles. The van der Waals surface area contributed by atoms with Gasteiger partial charge in [-0.1, -0.05) is 20.8 Å². The Balaban J connectivity index is 1.21. The number of likely N-dealkylation sites (tertiary alicyclic amines) is 1. The van der Waals surface area contributed by atoms with Crippen LogP contribution in [0.25, 0.3) is 27.1 Å². The molecule has 1 unspecified atom stereocenters. The first-order chi connectivity index (χ1) is 18.4. The van der Waals surface area contributed by atoms with E-state index in [1.54, 1.807) is 6.33 Å². The zero-order valence-corrected chi connectivity index (χ0v) is 23.7. The first kappa shape index (κ1) is 24.3. The number of nitrogens with one attached hydrogen (secondary N) is 2. The minimum atomic E-state index is 0.0216. The van der Waals surface area contributed by atoms with Crippen molar-refractivity contribution >= 4 is 33.1 Å². The second-order valence-electron chi connectivity index (χ2n) is 12.1. The number of hydrogen-bond acceptors (Lipinski definition) is 5. The van der Waals surface area contributed by atoms with Crippen molar-refractivity contribution in [3.63, 3.8) is 0 Å². The number of fused-ring (bicyclic) bond motifs is 4. The monoisotopic (exact) mass is 530 g/mol. The van der Waals surface area contributed by atoms with Crippen LogP contribution in [0, 0.1) is 12.8 Å². The van der Waals surface area contributed by atoms with Gasteiger partial charge >= 0.3 is 0 Å². The number of pyridine rings is 1. The number of thiophene rings is 1. The summed E-state index contributed by atoms with van der Waals surface area (Å²) in [7, 11) is 0. The number of hydrogen-bond donors (Lipinski definition) is 2. The summed E-state index contributed by atoms with van der Waals surface area (Å²) >= 11 is 1.95. The second-order valence-corrected chi connectivity index (χ2v) is 13.2. The van der Waals surface area contributed by atoms with Crippen LogP contribution in [0.5, 0.6) is 0 Å². The summed E-state index contributed by atoms with van der Waals surface area (Å²) < 4.78 is 1.97. The summed E-state index contributed by atoms with van der Waals surface area (Å²) in [6.45, 7) is 11.9. The van der Waals surface area contributed by atoms with E-state index in [0.29, 0.717) is 23.7 Å². The molecule has 7 nitrogen and oxygen atoms in total. The van der Waals surface area contributed by atoms with Gasteiger partial charge in [0, 0.05) is 40.7 Å². The second kappa shape index (κ2) is 9.19. The van der Waals surface area contributed by atoms with Crippen LogP contribution in [0.15, 0.2) is 12.5 Å². The van der Waals surface area contributed by atoms with E-state index >= 15 is 0 Å². The first-order valence-electron chi connectivity index (χ1n) is 14.4. The lowest BCUT2D eigenvalue weighted by molar-refractivity contribution is -0.134. The number of piperidine rings is 1. The molecule has 2 fully saturated rings. The Morgan fingerprint density at radius 2 is 1.97 bits per heavy atom. The molecular weight excluding hydrogens is 492 g/mol. The Morgan fingerprint density at radius 3 is 2.71 bits per heavy atom. The number of carbonyl (C=O) groups is 1. The lowest BCUT2D eigenvalue weighted by atomic mass is 9.89. The number of aryl methyl sites for hydroxylation is 2. The minimum Gasteiger partial charge on any atom is -0.346 e. The summed E-state index contributed by atoms with van der Waals surface area (Å²) in [5.41, 5.74) is 9.27. The van der Waals surface area contributed by atoms with Crippen molar-refractivity contribution in [2.24, 2.45) is 5.92 Å². The van der Waals surface area contributed by atoms with E-state index < -0.39 is 0 Å². The predicted molar refractivity (Wildman–Crippen MR) is 153 cm³/mol. The number of nitrogens with zero attached hydrogens (tertiary/aromatic N) is 4. The normalized spacial score (nSPS) is 22.4. The average molecular weight is 531 g/mol. The number of H-pyrrole nitrogens is 1. The van der Waals surface area contributed by atoms with E-state index in [0.717, 1.165) is 57.4 Å². The van der Waals surface area contributed by atoms with E-state index in [1.165, 1.54) is 55.0 Å². The molecule has 1 aliphatic carbocycles. The molecule has 6 heterocycles. The number of aromatic nitrogens is 4. The van der Waals surface area contributed by atoms with Crippen LogP contribution in [-0.2, 0) is 17.6 Å². The molecular formula is C30H38N6OS. The van der Waals surface area contributed by atoms with Gasteiger partial charge in [0.1, 0.15) is 11.2 Å². The molecule has 0 spiro atoms. The quantitative estimate of drug-likeness (QED) is 0.362. The Hall–Kier alpha value is -2.71. The van der Waals surface area contributed by atoms with Crippen LogP contribution in [0.1, 0.15) is 85.4 Å². The van der Waals surface area contributed by atoms with Gasteiger partial charge < -0.3 is 15.2 Å². The summed E-state index contributed by atoms with van der Waals surface area (Å²) in [4.78, 5) is 26.4. The largest absolute Gasteiger partial charge is 0.346 e. The predicted octanol–water partition coefficient (Wildman–Crippen LogP) is 5.56. The van der Waals surface area contributed by atoms with Gasteiger partial charge in [-0.3, -0.25) is 4.79 Å². The molecule has 0 bridgehead atoms. The van der Waals surface area contributed by atoms with Gasteiger partial charge in [-0.2, -0.15) is 5.10 Å². The smallest absolute Gasteiger partial charge is 0.239 e. The third-order valence-corrected chi connectivity index (χ3v) is 10.6. The minimum absolute atomic E-state index is 0.0216. The lowest BCUT2D eigenvalue weighted by Crippen LogP contribution is -2.46. The summed E-state index contributed by atoms with van der Waals surface area (Å²) in [6.07, 6.45) is 10.3. The molecule has 2 aliphatic heterocycles. The molecule has 4 aromatic heterocycles. The van der Waals surface area contributed by atoms with Gasteiger partial charge in [-0.15, -0.1) is 11.3 Å². The standard InChI is InChI=1S/C30H38N6OS/c1-16(2)24-25-18(4)27(19-8-10-35(11-9-19)30(37)23-12-17(3)13-31-23)38-29(25)34-26(24)22-14-36-28(32-15-33-36)21-7-5-6-20(21)22/h14-17,19,23,31,34H,5-13H2,1-4H3/t17-,23?/m1/s1. The highest BCUT2D eigenvalue weighted by molar-refractivity contribution is 7.19. The van der Waals surface area contributed by atoms with Crippen LogP contribution in [-0.4, -0.2) is 56.1 Å². The first-order valence-corrected chi connectivity index (χ1v) is 15.2. The van der Waals surface area contributed by atoms with Crippen molar-refractivity contribution in [1.82, 2.24) is 29.8 Å². The Bertz CT molecular complexity index is 1540. The molecule has 0 aromatic carbocycles. The Labute approximate surface area is 228 Å². The molecule has 2 N–H and O–H groups in total. The number of aromatic amines is 1. The van der Waals surface area contributed by atoms with Crippen LogP contribution in [0.4, 0.5) is 0 Å². The molecule has 38 heavy (non-hydrogen) atoms. The van der Waals surface area contributed by atoms with Crippen molar-refractivity contribution in [2.75, 3.05) is 19.6 Å². The molecule has 2 atom stereocenters. The van der Waals surface area contributed by atoms with Crippen molar-refractivity contribution in [2.45, 2.75) is 84.1 Å².